The molecule has 0 aliphatic heterocycles. The Bertz CT molecular complexity index is 300. The molecular weight excluding hydrogens is 188 g/mol. The first-order valence-electron chi connectivity index (χ1n) is 3.50. The lowest BCUT2D eigenvalue weighted by Crippen LogP contribution is -1.92. The molecule has 1 aromatic rings. The molecular formula is C8H8N2O2S. The second-order valence-corrected chi connectivity index (χ2v) is 2.91. The number of ether oxygens (including phenoxy) is 1. The molecule has 0 aliphatic carbocycles. The highest BCUT2D eigenvalue weighted by molar-refractivity contribution is 8.02. The third kappa shape index (κ3) is 3.71. The van der Waals surface area contributed by atoms with Gasteiger partial charge in [0.2, 0.25) is 0 Å². The maximum atomic E-state index is 10.6. The van der Waals surface area contributed by atoms with Gasteiger partial charge in [0.15, 0.2) is 0 Å². The van der Waals surface area contributed by atoms with E-state index in [1.807, 2.05) is 0 Å². The van der Waals surface area contributed by atoms with Crippen LogP contribution in [0.4, 0.5) is 0 Å². The summed E-state index contributed by atoms with van der Waals surface area (Å²) in [6.07, 6.45) is 6.13. The van der Waals surface area contributed by atoms with Crippen LogP contribution in [0.5, 0.6) is 0 Å². The van der Waals surface area contributed by atoms with Crippen molar-refractivity contribution in [2.45, 2.75) is 5.03 Å². The fraction of sp³-hybridized carbons (Fsp3) is 0.125. The molecule has 1 rings (SSSR count). The van der Waals surface area contributed by atoms with Gasteiger partial charge in [-0.05, 0) is 5.41 Å². The van der Waals surface area contributed by atoms with Gasteiger partial charge in [0.1, 0.15) is 5.03 Å². The summed E-state index contributed by atoms with van der Waals surface area (Å²) < 4.78 is 4.41. The van der Waals surface area contributed by atoms with E-state index in [1.54, 1.807) is 24.0 Å². The second-order valence-electron chi connectivity index (χ2n) is 1.99. The molecule has 13 heavy (non-hydrogen) atoms. The highest BCUT2D eigenvalue weighted by Gasteiger charge is 1.92. The molecule has 0 aromatic carbocycles. The Morgan fingerprint density at radius 3 is 3.08 bits per heavy atom. The summed E-state index contributed by atoms with van der Waals surface area (Å²) in [5.41, 5.74) is 0. The monoisotopic (exact) mass is 196 g/mol. The van der Waals surface area contributed by atoms with E-state index in [2.05, 4.69) is 14.7 Å². The molecule has 68 valence electrons. The van der Waals surface area contributed by atoms with E-state index < -0.39 is 0 Å². The lowest BCUT2D eigenvalue weighted by atomic mass is 10.7. The summed E-state index contributed by atoms with van der Waals surface area (Å²) in [5, 5.41) is 2.35. The van der Waals surface area contributed by atoms with Gasteiger partial charge in [-0.2, -0.15) is 0 Å². The maximum Gasteiger partial charge on any atom is 0.330 e. The smallest absolute Gasteiger partial charge is 0.330 e. The van der Waals surface area contributed by atoms with Crippen LogP contribution >= 0.6 is 11.8 Å². The summed E-state index contributed by atoms with van der Waals surface area (Å²) >= 11 is 1.31. The van der Waals surface area contributed by atoms with Crippen molar-refractivity contribution < 1.29 is 9.53 Å². The Balaban J connectivity index is 2.44. The molecule has 0 aliphatic rings. The van der Waals surface area contributed by atoms with Gasteiger partial charge in [0, 0.05) is 18.5 Å². The van der Waals surface area contributed by atoms with E-state index in [4.69, 9.17) is 0 Å². The quantitative estimate of drug-likeness (QED) is 0.414. The van der Waals surface area contributed by atoms with Crippen LogP contribution in [-0.2, 0) is 9.53 Å². The molecule has 0 saturated carbocycles. The maximum absolute atomic E-state index is 10.6. The molecule has 0 fully saturated rings. The van der Waals surface area contributed by atoms with Gasteiger partial charge >= 0.3 is 5.97 Å². The average molecular weight is 196 g/mol. The molecule has 1 aromatic heterocycles. The van der Waals surface area contributed by atoms with Crippen LogP contribution in [0.3, 0.4) is 0 Å². The van der Waals surface area contributed by atoms with Crippen LogP contribution in [0.2, 0.25) is 0 Å². The van der Waals surface area contributed by atoms with Crippen molar-refractivity contribution in [1.29, 1.82) is 0 Å². The molecule has 0 spiro atoms. The Hall–Kier alpha value is -1.36. The third-order valence-electron chi connectivity index (χ3n) is 1.13. The average Bonchev–Trinajstić information content (AvgIpc) is 2.19. The van der Waals surface area contributed by atoms with Crippen molar-refractivity contribution in [3.63, 3.8) is 0 Å². The molecule has 0 atom stereocenters. The van der Waals surface area contributed by atoms with Gasteiger partial charge in [-0.15, -0.1) is 0 Å². The van der Waals surface area contributed by atoms with Crippen LogP contribution in [0.25, 0.3) is 0 Å². The normalized spacial score (nSPS) is 10.2. The summed E-state index contributed by atoms with van der Waals surface area (Å²) in [6, 6.07) is 0. The van der Waals surface area contributed by atoms with Gasteiger partial charge < -0.3 is 4.74 Å². The Kier molecular flexibility index (Phi) is 3.98. The minimum atomic E-state index is -0.378. The number of carbonyl (C=O) groups excluding carboxylic acids is 1. The van der Waals surface area contributed by atoms with Crippen LogP contribution in [0.1, 0.15) is 0 Å². The van der Waals surface area contributed by atoms with Crippen molar-refractivity contribution in [2.75, 3.05) is 7.11 Å². The van der Waals surface area contributed by atoms with Crippen molar-refractivity contribution in [1.82, 2.24) is 9.97 Å². The van der Waals surface area contributed by atoms with Gasteiger partial charge in [0.25, 0.3) is 0 Å². The van der Waals surface area contributed by atoms with Crippen molar-refractivity contribution in [3.8, 4) is 0 Å². The highest BCUT2D eigenvalue weighted by Crippen LogP contribution is 2.13. The zero-order chi connectivity index (χ0) is 9.52. The first kappa shape index (κ1) is 9.73. The highest BCUT2D eigenvalue weighted by atomic mass is 32.2. The predicted molar refractivity (Wildman–Crippen MR) is 49.0 cm³/mol. The van der Waals surface area contributed by atoms with E-state index in [0.29, 0.717) is 0 Å². The fourth-order valence-corrected chi connectivity index (χ4v) is 1.14. The summed E-state index contributed by atoms with van der Waals surface area (Å²) in [7, 11) is 1.33. The Morgan fingerprint density at radius 1 is 1.62 bits per heavy atom. The summed E-state index contributed by atoms with van der Waals surface area (Å²) in [6.45, 7) is 0. The summed E-state index contributed by atoms with van der Waals surface area (Å²) in [4.78, 5) is 18.5. The predicted octanol–water partition coefficient (Wildman–Crippen LogP) is 1.26. The van der Waals surface area contributed by atoms with E-state index in [-0.39, 0.29) is 5.97 Å². The third-order valence-corrected chi connectivity index (χ3v) is 1.86. The van der Waals surface area contributed by atoms with E-state index in [0.717, 1.165) is 5.03 Å². The number of nitrogens with zero attached hydrogens (tertiary/aromatic N) is 2. The number of aromatic nitrogens is 2. The number of methoxy groups -OCH3 is 1. The molecule has 0 amide bonds. The number of rotatable bonds is 3. The molecule has 0 saturated heterocycles. The van der Waals surface area contributed by atoms with Crippen LogP contribution in [0, 0.1) is 0 Å². The molecule has 0 radical (unpaired) electrons. The van der Waals surface area contributed by atoms with Crippen molar-refractivity contribution in [3.05, 3.63) is 30.1 Å². The van der Waals surface area contributed by atoms with Crippen LogP contribution in [0.15, 0.2) is 35.1 Å². The van der Waals surface area contributed by atoms with Crippen LogP contribution < -0.4 is 0 Å². The summed E-state index contributed by atoms with van der Waals surface area (Å²) in [5.74, 6) is -0.378. The Labute approximate surface area is 80.0 Å². The lowest BCUT2D eigenvalue weighted by molar-refractivity contribution is -0.134. The molecule has 1 heterocycles. The number of carbonyl (C=O) groups is 1. The number of thioether (sulfide) groups is 1. The minimum Gasteiger partial charge on any atom is -0.466 e. The van der Waals surface area contributed by atoms with Gasteiger partial charge in [-0.25, -0.2) is 9.78 Å². The number of hydrogen-bond donors (Lipinski definition) is 0. The van der Waals surface area contributed by atoms with E-state index >= 15 is 0 Å². The SMILES string of the molecule is COC(=O)C=CSc1cnccn1. The first-order valence-corrected chi connectivity index (χ1v) is 4.38. The Morgan fingerprint density at radius 2 is 2.46 bits per heavy atom. The minimum absolute atomic E-state index is 0.378. The van der Waals surface area contributed by atoms with E-state index in [1.165, 1.54) is 24.9 Å². The van der Waals surface area contributed by atoms with Gasteiger partial charge in [0.05, 0.1) is 13.3 Å². The zero-order valence-electron chi connectivity index (χ0n) is 7.01. The topological polar surface area (TPSA) is 52.1 Å². The van der Waals surface area contributed by atoms with Crippen LogP contribution in [-0.4, -0.2) is 23.0 Å². The van der Waals surface area contributed by atoms with Crippen molar-refractivity contribution >= 4 is 17.7 Å². The van der Waals surface area contributed by atoms with Crippen molar-refractivity contribution in [2.24, 2.45) is 0 Å². The second kappa shape index (κ2) is 5.31. The molecule has 0 bridgehead atoms. The molecule has 4 nitrogen and oxygen atoms in total. The fourth-order valence-electron chi connectivity index (χ4n) is 0.574. The molecule has 5 heteroatoms. The standard InChI is InChI=1S/C8H8N2O2S/c1-12-8(11)2-5-13-7-6-9-3-4-10-7/h2-6H,1H3. The zero-order valence-corrected chi connectivity index (χ0v) is 7.82. The van der Waals surface area contributed by atoms with Gasteiger partial charge in [-0.3, -0.25) is 4.98 Å². The molecule has 0 unspecified atom stereocenters. The number of esters is 1. The van der Waals surface area contributed by atoms with E-state index in [9.17, 15) is 4.79 Å². The molecule has 0 N–H and O–H groups in total. The van der Waals surface area contributed by atoms with Gasteiger partial charge in [-0.1, -0.05) is 11.8 Å². The number of hydrogen-bond acceptors (Lipinski definition) is 5. The lowest BCUT2D eigenvalue weighted by Gasteiger charge is -1.91. The first-order chi connectivity index (χ1) is 6.33. The largest absolute Gasteiger partial charge is 0.466 e.